The van der Waals surface area contributed by atoms with E-state index in [1.54, 1.807) is 11.8 Å². The Kier molecular flexibility index (Phi) is 5.09. The molecule has 0 aliphatic rings. The van der Waals surface area contributed by atoms with Gasteiger partial charge < -0.3 is 4.74 Å². The monoisotopic (exact) mass is 336 g/mol. The average Bonchev–Trinajstić information content (AvgIpc) is 3.11. The van der Waals surface area contributed by atoms with Gasteiger partial charge in [-0.25, -0.2) is 0 Å². The first-order chi connectivity index (χ1) is 12.2. The molecule has 1 unspecified atom stereocenters. The van der Waals surface area contributed by atoms with Crippen LogP contribution in [0, 0.1) is 5.92 Å². The summed E-state index contributed by atoms with van der Waals surface area (Å²) in [4.78, 5) is 16.7. The molecule has 0 radical (unpaired) electrons. The second-order valence-electron chi connectivity index (χ2n) is 5.77. The van der Waals surface area contributed by atoms with E-state index in [1.165, 1.54) is 6.33 Å². The highest BCUT2D eigenvalue weighted by Crippen LogP contribution is 2.17. The maximum Gasteiger partial charge on any atom is 0.232 e. The number of nitrogens with zero attached hydrogens (tertiary/aromatic N) is 3. The van der Waals surface area contributed by atoms with Gasteiger partial charge in [0.2, 0.25) is 11.9 Å². The van der Waals surface area contributed by atoms with Crippen molar-refractivity contribution in [3.8, 4) is 11.4 Å². The Morgan fingerprint density at radius 3 is 2.56 bits per heavy atom. The molecule has 3 aromatic rings. The third-order valence-electron chi connectivity index (χ3n) is 3.93. The molecule has 1 atom stereocenters. The number of ether oxygens (including phenoxy) is 1. The molecule has 25 heavy (non-hydrogen) atoms. The van der Waals surface area contributed by atoms with E-state index in [1.807, 2.05) is 61.5 Å². The minimum absolute atomic E-state index is 0.0963. The minimum atomic E-state index is -0.200. The largest absolute Gasteiger partial charge is 0.497 e. The molecule has 3 rings (SSSR count). The van der Waals surface area contributed by atoms with Gasteiger partial charge in [0.25, 0.3) is 0 Å². The highest BCUT2D eigenvalue weighted by molar-refractivity contribution is 5.91. The molecule has 0 spiro atoms. The summed E-state index contributed by atoms with van der Waals surface area (Å²) in [6.45, 7) is 1.89. The van der Waals surface area contributed by atoms with Crippen LogP contribution < -0.4 is 10.1 Å². The summed E-state index contributed by atoms with van der Waals surface area (Å²) in [5, 5.41) is 7.04. The van der Waals surface area contributed by atoms with Crippen LogP contribution in [-0.2, 0) is 11.2 Å². The Hall–Kier alpha value is -3.15. The van der Waals surface area contributed by atoms with Gasteiger partial charge >= 0.3 is 0 Å². The van der Waals surface area contributed by atoms with Gasteiger partial charge in [0.05, 0.1) is 12.8 Å². The fourth-order valence-corrected chi connectivity index (χ4v) is 2.53. The van der Waals surface area contributed by atoms with Gasteiger partial charge in [-0.2, -0.15) is 14.8 Å². The zero-order valence-electron chi connectivity index (χ0n) is 14.2. The molecule has 0 aliphatic carbocycles. The number of aromatic nitrogens is 3. The van der Waals surface area contributed by atoms with Crippen LogP contribution in [0.5, 0.6) is 5.75 Å². The van der Waals surface area contributed by atoms with Crippen LogP contribution in [0.4, 0.5) is 5.95 Å². The zero-order valence-corrected chi connectivity index (χ0v) is 14.2. The van der Waals surface area contributed by atoms with Crippen LogP contribution in [0.15, 0.2) is 60.9 Å². The van der Waals surface area contributed by atoms with Crippen LogP contribution in [0.25, 0.3) is 5.69 Å². The van der Waals surface area contributed by atoms with E-state index >= 15 is 0 Å². The normalized spacial score (nSPS) is 11.8. The lowest BCUT2D eigenvalue weighted by atomic mass is 10.0. The van der Waals surface area contributed by atoms with E-state index in [4.69, 9.17) is 4.74 Å². The molecule has 0 saturated carbocycles. The quantitative estimate of drug-likeness (QED) is 0.751. The zero-order chi connectivity index (χ0) is 17.6. The molecule has 1 heterocycles. The van der Waals surface area contributed by atoms with Gasteiger partial charge in [-0.3, -0.25) is 10.1 Å². The summed E-state index contributed by atoms with van der Waals surface area (Å²) in [6.07, 6.45) is 2.06. The topological polar surface area (TPSA) is 69.0 Å². The number of methoxy groups -OCH3 is 1. The molecular weight excluding hydrogens is 316 g/mol. The van der Waals surface area contributed by atoms with E-state index in [0.29, 0.717) is 12.4 Å². The summed E-state index contributed by atoms with van der Waals surface area (Å²) in [7, 11) is 1.63. The van der Waals surface area contributed by atoms with Crippen LogP contribution in [-0.4, -0.2) is 27.8 Å². The lowest BCUT2D eigenvalue weighted by Gasteiger charge is -2.13. The van der Waals surface area contributed by atoms with Crippen LogP contribution in [0.1, 0.15) is 12.5 Å². The van der Waals surface area contributed by atoms with Crippen molar-refractivity contribution in [1.82, 2.24) is 14.8 Å². The SMILES string of the molecule is COc1ccc(CC(C)C(=O)Nc2ncnn2-c2ccccc2)cc1. The molecule has 0 saturated heterocycles. The predicted octanol–water partition coefficient (Wildman–Crippen LogP) is 3.09. The number of amides is 1. The second kappa shape index (κ2) is 7.61. The molecule has 2 aromatic carbocycles. The summed E-state index contributed by atoms with van der Waals surface area (Å²) in [5.74, 6) is 0.921. The Labute approximate surface area is 146 Å². The summed E-state index contributed by atoms with van der Waals surface area (Å²) in [5.41, 5.74) is 1.92. The second-order valence-corrected chi connectivity index (χ2v) is 5.77. The van der Waals surface area contributed by atoms with E-state index in [-0.39, 0.29) is 11.8 Å². The predicted molar refractivity (Wildman–Crippen MR) is 95.9 cm³/mol. The summed E-state index contributed by atoms with van der Waals surface area (Å²) < 4.78 is 6.76. The lowest BCUT2D eigenvalue weighted by molar-refractivity contribution is -0.119. The van der Waals surface area contributed by atoms with Crippen LogP contribution in [0.3, 0.4) is 0 Å². The molecule has 0 bridgehead atoms. The Morgan fingerprint density at radius 1 is 1.16 bits per heavy atom. The Balaban J connectivity index is 1.67. The van der Waals surface area contributed by atoms with Gasteiger partial charge in [0.15, 0.2) is 0 Å². The fourth-order valence-electron chi connectivity index (χ4n) is 2.53. The molecule has 6 nitrogen and oxygen atoms in total. The summed E-state index contributed by atoms with van der Waals surface area (Å²) in [6, 6.07) is 17.3. The number of rotatable bonds is 6. The highest BCUT2D eigenvalue weighted by atomic mass is 16.5. The van der Waals surface area contributed by atoms with Crippen LogP contribution in [0.2, 0.25) is 0 Å². The molecule has 6 heteroatoms. The third kappa shape index (κ3) is 4.03. The van der Waals surface area contributed by atoms with Crippen LogP contribution >= 0.6 is 0 Å². The number of carbonyl (C=O) groups is 1. The average molecular weight is 336 g/mol. The summed E-state index contributed by atoms with van der Waals surface area (Å²) >= 11 is 0. The van der Waals surface area contributed by atoms with Gasteiger partial charge in [-0.15, -0.1) is 0 Å². The number of anilines is 1. The standard InChI is InChI=1S/C19H20N4O2/c1-14(12-15-8-10-17(25-2)11-9-15)18(24)22-19-20-13-21-23(19)16-6-4-3-5-7-16/h3-11,13-14H,12H2,1-2H3,(H,20,21,22,24). The first-order valence-electron chi connectivity index (χ1n) is 8.06. The van der Waals surface area contributed by atoms with Crippen molar-refractivity contribution in [3.05, 3.63) is 66.5 Å². The van der Waals surface area contributed by atoms with Gasteiger partial charge in [-0.1, -0.05) is 37.3 Å². The number of benzene rings is 2. The van der Waals surface area contributed by atoms with Gasteiger partial charge in [-0.05, 0) is 36.2 Å². The van der Waals surface area contributed by atoms with E-state index in [2.05, 4.69) is 15.4 Å². The minimum Gasteiger partial charge on any atom is -0.497 e. The number of para-hydroxylation sites is 1. The van der Waals surface area contributed by atoms with Gasteiger partial charge in [0, 0.05) is 5.92 Å². The number of nitrogens with one attached hydrogen (secondary N) is 1. The first-order valence-corrected chi connectivity index (χ1v) is 8.06. The number of hydrogen-bond donors (Lipinski definition) is 1. The Bertz CT molecular complexity index is 828. The molecule has 128 valence electrons. The maximum atomic E-state index is 12.5. The number of hydrogen-bond acceptors (Lipinski definition) is 4. The van der Waals surface area contributed by atoms with Crippen molar-refractivity contribution in [2.24, 2.45) is 5.92 Å². The maximum absolute atomic E-state index is 12.5. The van der Waals surface area contributed by atoms with E-state index < -0.39 is 0 Å². The molecule has 1 N–H and O–H groups in total. The van der Waals surface area contributed by atoms with Gasteiger partial charge in [0.1, 0.15) is 12.1 Å². The van der Waals surface area contributed by atoms with Crippen molar-refractivity contribution < 1.29 is 9.53 Å². The molecule has 1 aromatic heterocycles. The molecule has 0 fully saturated rings. The highest BCUT2D eigenvalue weighted by Gasteiger charge is 2.17. The fraction of sp³-hybridized carbons (Fsp3) is 0.211. The van der Waals surface area contributed by atoms with Crippen molar-refractivity contribution in [3.63, 3.8) is 0 Å². The van der Waals surface area contributed by atoms with Crippen molar-refractivity contribution >= 4 is 11.9 Å². The van der Waals surface area contributed by atoms with Crippen molar-refractivity contribution in [2.45, 2.75) is 13.3 Å². The molecule has 0 aliphatic heterocycles. The lowest BCUT2D eigenvalue weighted by Crippen LogP contribution is -2.24. The van der Waals surface area contributed by atoms with E-state index in [9.17, 15) is 4.79 Å². The third-order valence-corrected chi connectivity index (χ3v) is 3.93. The van der Waals surface area contributed by atoms with Crippen molar-refractivity contribution in [1.29, 1.82) is 0 Å². The van der Waals surface area contributed by atoms with E-state index in [0.717, 1.165) is 17.0 Å². The smallest absolute Gasteiger partial charge is 0.232 e. The molecular formula is C19H20N4O2. The first kappa shape index (κ1) is 16.7. The van der Waals surface area contributed by atoms with Crippen molar-refractivity contribution in [2.75, 3.05) is 12.4 Å². The number of carbonyl (C=O) groups excluding carboxylic acids is 1. The Morgan fingerprint density at radius 2 is 1.88 bits per heavy atom. The molecule has 1 amide bonds.